The van der Waals surface area contributed by atoms with E-state index in [2.05, 4.69) is 132 Å². The maximum atomic E-state index is 6.23. The predicted molar refractivity (Wildman–Crippen MR) is 151 cm³/mol. The third-order valence-corrected chi connectivity index (χ3v) is 6.86. The lowest BCUT2D eigenvalue weighted by Crippen LogP contribution is -2.11. The summed E-state index contributed by atoms with van der Waals surface area (Å²) in [4.78, 5) is 2.37. The molecule has 6 aromatic carbocycles. The first-order valence-electron chi connectivity index (χ1n) is 12.2. The highest BCUT2D eigenvalue weighted by Gasteiger charge is 2.21. The van der Waals surface area contributed by atoms with E-state index in [0.29, 0.717) is 0 Å². The van der Waals surface area contributed by atoms with Crippen LogP contribution in [0.25, 0.3) is 43.8 Å². The Hall–Kier alpha value is -4.82. The van der Waals surface area contributed by atoms with Gasteiger partial charge in [-0.1, -0.05) is 103 Å². The van der Waals surface area contributed by atoms with E-state index in [-0.39, 0.29) is 0 Å². The Labute approximate surface area is 209 Å². The van der Waals surface area contributed by atoms with Crippen LogP contribution in [-0.2, 0) is 0 Å². The highest BCUT2D eigenvalue weighted by molar-refractivity contribution is 6.14. The summed E-state index contributed by atoms with van der Waals surface area (Å²) in [6.45, 7) is 0. The zero-order valence-electron chi connectivity index (χ0n) is 19.6. The molecule has 1 aromatic heterocycles. The van der Waals surface area contributed by atoms with E-state index < -0.39 is 0 Å². The molecule has 36 heavy (non-hydrogen) atoms. The van der Waals surface area contributed by atoms with Crippen LogP contribution in [0.15, 0.2) is 144 Å². The predicted octanol–water partition coefficient (Wildman–Crippen LogP) is 9.88. The Morgan fingerprint density at radius 3 is 1.94 bits per heavy atom. The summed E-state index contributed by atoms with van der Waals surface area (Å²) in [6, 6.07) is 49.0. The molecule has 0 aliphatic carbocycles. The molecule has 0 saturated heterocycles. The van der Waals surface area contributed by atoms with Crippen LogP contribution in [0.4, 0.5) is 17.1 Å². The molecular weight excluding hydrogens is 438 g/mol. The lowest BCUT2D eigenvalue weighted by molar-refractivity contribution is 0.669. The van der Waals surface area contributed by atoms with Gasteiger partial charge in [-0.2, -0.15) is 0 Å². The third kappa shape index (κ3) is 3.27. The summed E-state index contributed by atoms with van der Waals surface area (Å²) in [5.74, 6) is 0. The Kier molecular flexibility index (Phi) is 4.82. The van der Waals surface area contributed by atoms with Crippen LogP contribution < -0.4 is 4.90 Å². The van der Waals surface area contributed by atoms with Crippen molar-refractivity contribution in [3.05, 3.63) is 140 Å². The van der Waals surface area contributed by atoms with Crippen LogP contribution in [0.3, 0.4) is 0 Å². The lowest BCUT2D eigenvalue weighted by Gasteiger charge is -2.29. The van der Waals surface area contributed by atoms with E-state index in [9.17, 15) is 0 Å². The monoisotopic (exact) mass is 461 g/mol. The molecule has 0 N–H and O–H groups in total. The Balaban J connectivity index is 1.55. The number of hydrogen-bond acceptors (Lipinski definition) is 2. The van der Waals surface area contributed by atoms with Crippen LogP contribution in [0, 0.1) is 0 Å². The number of fused-ring (bicyclic) bond motifs is 4. The van der Waals surface area contributed by atoms with E-state index in [1.54, 1.807) is 0 Å². The van der Waals surface area contributed by atoms with Crippen molar-refractivity contribution < 1.29 is 4.42 Å². The number of rotatable bonds is 4. The number of hydrogen-bond donors (Lipinski definition) is 0. The molecule has 0 saturated carbocycles. The van der Waals surface area contributed by atoms with Gasteiger partial charge in [0, 0.05) is 27.4 Å². The fourth-order valence-corrected chi connectivity index (χ4v) is 5.28. The fourth-order valence-electron chi connectivity index (χ4n) is 5.28. The van der Waals surface area contributed by atoms with Gasteiger partial charge in [0.1, 0.15) is 11.2 Å². The van der Waals surface area contributed by atoms with Crippen LogP contribution >= 0.6 is 0 Å². The number of anilines is 3. The van der Waals surface area contributed by atoms with Crippen LogP contribution in [0.2, 0.25) is 0 Å². The third-order valence-electron chi connectivity index (χ3n) is 6.86. The van der Waals surface area contributed by atoms with Crippen molar-refractivity contribution in [2.24, 2.45) is 0 Å². The van der Waals surface area contributed by atoms with Crippen molar-refractivity contribution in [1.29, 1.82) is 0 Å². The average Bonchev–Trinajstić information content (AvgIpc) is 3.33. The standard InChI is InChI=1S/C34H23NO/c1-2-14-25(15-3-1)35(30-21-10-13-24-12-4-5-16-26(24)30)31-20-8-6-17-27(31)28-19-11-23-33-34(28)29-18-7-9-22-32(29)36-33/h1-23H. The van der Waals surface area contributed by atoms with Crippen molar-refractivity contribution in [3.8, 4) is 11.1 Å². The largest absolute Gasteiger partial charge is 0.456 e. The molecule has 0 aliphatic heterocycles. The topological polar surface area (TPSA) is 16.4 Å². The zero-order chi connectivity index (χ0) is 23.9. The molecule has 170 valence electrons. The van der Waals surface area contributed by atoms with E-state index in [0.717, 1.165) is 50.1 Å². The quantitative estimate of drug-likeness (QED) is 0.259. The van der Waals surface area contributed by atoms with Crippen molar-refractivity contribution in [2.45, 2.75) is 0 Å². The molecular formula is C34H23NO. The van der Waals surface area contributed by atoms with Crippen molar-refractivity contribution in [3.63, 3.8) is 0 Å². The molecule has 0 amide bonds. The van der Waals surface area contributed by atoms with Gasteiger partial charge in [0.15, 0.2) is 0 Å². The van der Waals surface area contributed by atoms with Crippen molar-refractivity contribution >= 4 is 49.8 Å². The van der Waals surface area contributed by atoms with Gasteiger partial charge in [-0.05, 0) is 47.3 Å². The SMILES string of the molecule is c1ccc(N(c2ccccc2-c2cccc3oc4ccccc4c23)c2cccc3ccccc23)cc1. The lowest BCUT2D eigenvalue weighted by atomic mass is 9.96. The van der Waals surface area contributed by atoms with Gasteiger partial charge < -0.3 is 9.32 Å². The molecule has 7 aromatic rings. The number of nitrogens with zero attached hydrogens (tertiary/aromatic N) is 1. The second kappa shape index (κ2) is 8.44. The van der Waals surface area contributed by atoms with Gasteiger partial charge in [-0.15, -0.1) is 0 Å². The molecule has 1 heterocycles. The summed E-state index contributed by atoms with van der Waals surface area (Å²) in [5, 5.41) is 4.71. The maximum Gasteiger partial charge on any atom is 0.136 e. The highest BCUT2D eigenvalue weighted by Crippen LogP contribution is 2.45. The molecule has 0 aliphatic rings. The first-order chi connectivity index (χ1) is 17.9. The van der Waals surface area contributed by atoms with E-state index >= 15 is 0 Å². The molecule has 2 nitrogen and oxygen atoms in total. The molecule has 0 radical (unpaired) electrons. The van der Waals surface area contributed by atoms with E-state index in [4.69, 9.17) is 4.42 Å². The molecule has 2 heteroatoms. The Morgan fingerprint density at radius 2 is 1.03 bits per heavy atom. The average molecular weight is 462 g/mol. The molecule has 7 rings (SSSR count). The van der Waals surface area contributed by atoms with Gasteiger partial charge in [0.2, 0.25) is 0 Å². The summed E-state index contributed by atoms with van der Waals surface area (Å²) < 4.78 is 6.23. The maximum absolute atomic E-state index is 6.23. The Bertz CT molecular complexity index is 1840. The van der Waals surface area contributed by atoms with Gasteiger partial charge in [-0.3, -0.25) is 0 Å². The minimum atomic E-state index is 0.903. The van der Waals surface area contributed by atoms with Gasteiger partial charge in [-0.25, -0.2) is 0 Å². The van der Waals surface area contributed by atoms with E-state index in [1.807, 2.05) is 12.1 Å². The normalized spacial score (nSPS) is 11.3. The summed E-state index contributed by atoms with van der Waals surface area (Å²) in [7, 11) is 0. The first-order valence-corrected chi connectivity index (χ1v) is 12.2. The highest BCUT2D eigenvalue weighted by atomic mass is 16.3. The van der Waals surface area contributed by atoms with Gasteiger partial charge >= 0.3 is 0 Å². The molecule has 0 fully saturated rings. The number of benzene rings is 6. The van der Waals surface area contributed by atoms with Crippen LogP contribution in [0.5, 0.6) is 0 Å². The van der Waals surface area contributed by atoms with Crippen LogP contribution in [-0.4, -0.2) is 0 Å². The molecule has 0 unspecified atom stereocenters. The minimum absolute atomic E-state index is 0.903. The van der Waals surface area contributed by atoms with E-state index in [1.165, 1.54) is 10.8 Å². The fraction of sp³-hybridized carbons (Fsp3) is 0. The Morgan fingerprint density at radius 1 is 0.417 bits per heavy atom. The second-order valence-electron chi connectivity index (χ2n) is 8.96. The molecule has 0 spiro atoms. The number of para-hydroxylation sites is 3. The van der Waals surface area contributed by atoms with Crippen molar-refractivity contribution in [1.82, 2.24) is 0 Å². The number of furan rings is 1. The summed E-state index contributed by atoms with van der Waals surface area (Å²) in [5.41, 5.74) is 7.52. The second-order valence-corrected chi connectivity index (χ2v) is 8.96. The van der Waals surface area contributed by atoms with Crippen molar-refractivity contribution in [2.75, 3.05) is 4.90 Å². The van der Waals surface area contributed by atoms with Gasteiger partial charge in [0.05, 0.1) is 11.4 Å². The minimum Gasteiger partial charge on any atom is -0.456 e. The smallest absolute Gasteiger partial charge is 0.136 e. The first kappa shape index (κ1) is 20.5. The van der Waals surface area contributed by atoms with Crippen LogP contribution in [0.1, 0.15) is 0 Å². The molecule has 0 atom stereocenters. The van der Waals surface area contributed by atoms with Gasteiger partial charge in [0.25, 0.3) is 0 Å². The summed E-state index contributed by atoms with van der Waals surface area (Å²) >= 11 is 0. The summed E-state index contributed by atoms with van der Waals surface area (Å²) in [6.07, 6.45) is 0. The molecule has 0 bridgehead atoms. The zero-order valence-corrected chi connectivity index (χ0v) is 19.6.